The van der Waals surface area contributed by atoms with Gasteiger partial charge < -0.3 is 50.7 Å². The van der Waals surface area contributed by atoms with E-state index < -0.39 is 36.6 Å². The maximum absolute atomic E-state index is 9.73. The summed E-state index contributed by atoms with van der Waals surface area (Å²) in [6.07, 6.45) is 2.77. The predicted octanol–water partition coefficient (Wildman–Crippen LogP) is 0.440. The quantitative estimate of drug-likeness (QED) is 0.136. The van der Waals surface area contributed by atoms with Crippen molar-refractivity contribution in [2.24, 2.45) is 0 Å². The van der Waals surface area contributed by atoms with Gasteiger partial charge in [0.1, 0.15) is 36.6 Å². The van der Waals surface area contributed by atoms with E-state index in [-0.39, 0.29) is 43.8 Å². The predicted molar refractivity (Wildman–Crippen MR) is 143 cm³/mol. The molecule has 12 atom stereocenters. The Kier molecular flexibility index (Phi) is 16.2. The first kappa shape index (κ1) is 34.6. The zero-order valence-electron chi connectivity index (χ0n) is 22.5. The SMILES string of the molecule is C.CCCCCC.CCCCO[C@@H]1[C@@H](O)[C@H](O)[C@@H](O)[C@H]2N[C@H]21.CCCCO[C@H]1[C@H](O)[C@@H](O)[C@H](O)[C@H]2N[C@H]21. The van der Waals surface area contributed by atoms with Gasteiger partial charge in [0.15, 0.2) is 0 Å². The smallest absolute Gasteiger partial charge is 0.110 e. The van der Waals surface area contributed by atoms with Crippen LogP contribution in [0.25, 0.3) is 0 Å². The first-order valence-corrected chi connectivity index (χ1v) is 14.1. The van der Waals surface area contributed by atoms with E-state index in [4.69, 9.17) is 9.47 Å². The molecule has 2 aliphatic heterocycles. The second-order valence-electron chi connectivity index (χ2n) is 10.5. The minimum atomic E-state index is -1.10. The van der Waals surface area contributed by atoms with Gasteiger partial charge in [0.05, 0.1) is 36.4 Å². The topological polar surface area (TPSA) is 184 Å². The van der Waals surface area contributed by atoms with Crippen molar-refractivity contribution in [1.82, 2.24) is 10.6 Å². The third kappa shape index (κ3) is 9.63. The minimum absolute atomic E-state index is 0. The Bertz CT molecular complexity index is 553. The Balaban J connectivity index is 0.000000299. The number of ether oxygens (including phenoxy) is 2. The van der Waals surface area contributed by atoms with E-state index in [0.29, 0.717) is 13.2 Å². The molecule has 0 unspecified atom stereocenters. The van der Waals surface area contributed by atoms with Crippen molar-refractivity contribution in [1.29, 1.82) is 0 Å². The molecule has 2 heterocycles. The zero-order chi connectivity index (χ0) is 26.8. The van der Waals surface area contributed by atoms with Crippen LogP contribution in [0.2, 0.25) is 0 Å². The molecule has 2 aliphatic carbocycles. The van der Waals surface area contributed by atoms with Gasteiger partial charge >= 0.3 is 0 Å². The molecule has 10 nitrogen and oxygen atoms in total. The maximum atomic E-state index is 9.73. The molecule has 4 aliphatic rings. The van der Waals surface area contributed by atoms with Crippen LogP contribution in [0.15, 0.2) is 0 Å². The highest BCUT2D eigenvalue weighted by Gasteiger charge is 2.59. The number of aliphatic hydroxyl groups excluding tert-OH is 6. The van der Waals surface area contributed by atoms with E-state index in [0.717, 1.165) is 25.7 Å². The number of unbranched alkanes of at least 4 members (excludes halogenated alkanes) is 5. The number of nitrogens with one attached hydrogen (secondary N) is 2. The second-order valence-corrected chi connectivity index (χ2v) is 10.5. The standard InChI is InChI=1S/2C10H19NO4.C6H14.CH4/c2*1-2-3-4-15-10-6-5(11-6)7(12)8(13)9(10)14;1-3-5-6-4-2;/h2*5-14H,2-4H2,1H3;3-6H2,1-2H3;1H4/t5-,6+,7+,8-,9+,10+;5-,6+,7-,8+,9-,10-;;/m00../s1. The molecule has 2 saturated carbocycles. The Morgan fingerprint density at radius 1 is 0.459 bits per heavy atom. The summed E-state index contributed by atoms with van der Waals surface area (Å²) in [6.45, 7) is 9.78. The molecule has 4 fully saturated rings. The number of hydrogen-bond donors (Lipinski definition) is 8. The molecule has 222 valence electrons. The van der Waals surface area contributed by atoms with Gasteiger partial charge in [-0.15, -0.1) is 0 Å². The van der Waals surface area contributed by atoms with Crippen LogP contribution in [-0.2, 0) is 9.47 Å². The largest absolute Gasteiger partial charge is 0.389 e. The van der Waals surface area contributed by atoms with Crippen LogP contribution in [0.5, 0.6) is 0 Å². The first-order chi connectivity index (χ1) is 17.2. The van der Waals surface area contributed by atoms with Gasteiger partial charge in [0, 0.05) is 13.2 Å². The second kappa shape index (κ2) is 17.3. The van der Waals surface area contributed by atoms with Gasteiger partial charge in [-0.1, -0.05) is 73.6 Å². The van der Waals surface area contributed by atoms with Crippen LogP contribution in [0.3, 0.4) is 0 Å². The number of hydrogen-bond acceptors (Lipinski definition) is 10. The molecular formula is C27H56N2O8. The summed E-state index contributed by atoms with van der Waals surface area (Å²) >= 11 is 0. The van der Waals surface area contributed by atoms with E-state index in [1.54, 1.807) is 0 Å². The fourth-order valence-electron chi connectivity index (χ4n) is 4.83. The lowest BCUT2D eigenvalue weighted by Gasteiger charge is -2.33. The highest BCUT2D eigenvalue weighted by Crippen LogP contribution is 2.33. The molecule has 10 heteroatoms. The Morgan fingerprint density at radius 2 is 0.784 bits per heavy atom. The van der Waals surface area contributed by atoms with Crippen LogP contribution in [0.4, 0.5) is 0 Å². The summed E-state index contributed by atoms with van der Waals surface area (Å²) in [5.41, 5.74) is 0. The molecule has 37 heavy (non-hydrogen) atoms. The van der Waals surface area contributed by atoms with Crippen LogP contribution >= 0.6 is 0 Å². The van der Waals surface area contributed by atoms with Gasteiger partial charge in [-0.2, -0.15) is 0 Å². The first-order valence-electron chi connectivity index (χ1n) is 14.1. The van der Waals surface area contributed by atoms with Gasteiger partial charge in [-0.3, -0.25) is 0 Å². The van der Waals surface area contributed by atoms with E-state index in [2.05, 4.69) is 38.3 Å². The van der Waals surface area contributed by atoms with Crippen molar-refractivity contribution >= 4 is 0 Å². The average Bonchev–Trinajstić information content (AvgIpc) is 3.80. The summed E-state index contributed by atoms with van der Waals surface area (Å²) in [5, 5.41) is 63.6. The zero-order valence-corrected chi connectivity index (χ0v) is 22.5. The van der Waals surface area contributed by atoms with Crippen LogP contribution in [0.1, 0.15) is 86.5 Å². The average molecular weight is 537 g/mol. The lowest BCUT2D eigenvalue weighted by atomic mass is 9.89. The summed E-state index contributed by atoms with van der Waals surface area (Å²) in [7, 11) is 0. The summed E-state index contributed by atoms with van der Waals surface area (Å²) in [5.74, 6) is 0. The molecule has 0 amide bonds. The lowest BCUT2D eigenvalue weighted by molar-refractivity contribution is -0.140. The number of aliphatic hydroxyl groups is 6. The van der Waals surface area contributed by atoms with Crippen molar-refractivity contribution in [2.45, 2.75) is 159 Å². The molecular weight excluding hydrogens is 480 g/mol. The fourth-order valence-corrected chi connectivity index (χ4v) is 4.83. The Labute approximate surface area is 223 Å². The van der Waals surface area contributed by atoms with Gasteiger partial charge in [0.2, 0.25) is 0 Å². The highest BCUT2D eigenvalue weighted by molar-refractivity contribution is 5.17. The third-order valence-corrected chi connectivity index (χ3v) is 7.42. The molecule has 0 radical (unpaired) electrons. The molecule has 8 N–H and O–H groups in total. The van der Waals surface area contributed by atoms with Crippen molar-refractivity contribution in [3.05, 3.63) is 0 Å². The minimum Gasteiger partial charge on any atom is -0.389 e. The van der Waals surface area contributed by atoms with Gasteiger partial charge in [0.25, 0.3) is 0 Å². The molecule has 0 aromatic carbocycles. The van der Waals surface area contributed by atoms with E-state index in [1.807, 2.05) is 0 Å². The number of fused-ring (bicyclic) bond motifs is 2. The monoisotopic (exact) mass is 536 g/mol. The molecule has 0 aromatic heterocycles. The van der Waals surface area contributed by atoms with Crippen LogP contribution in [-0.4, -0.2) is 117 Å². The molecule has 0 bridgehead atoms. The van der Waals surface area contributed by atoms with Gasteiger partial charge in [-0.05, 0) is 12.8 Å². The third-order valence-electron chi connectivity index (χ3n) is 7.42. The summed E-state index contributed by atoms with van der Waals surface area (Å²) < 4.78 is 11.0. The van der Waals surface area contributed by atoms with Crippen molar-refractivity contribution in [3.63, 3.8) is 0 Å². The highest BCUT2D eigenvalue weighted by atomic mass is 16.5. The molecule has 0 aromatic rings. The molecule has 0 spiro atoms. The Morgan fingerprint density at radius 3 is 1.08 bits per heavy atom. The van der Waals surface area contributed by atoms with E-state index >= 15 is 0 Å². The molecule has 4 rings (SSSR count). The summed E-state index contributed by atoms with van der Waals surface area (Å²) in [6, 6.07) is -0.240. The van der Waals surface area contributed by atoms with Crippen LogP contribution < -0.4 is 10.6 Å². The maximum Gasteiger partial charge on any atom is 0.110 e. The number of rotatable bonds is 11. The Hall–Kier alpha value is -0.400. The summed E-state index contributed by atoms with van der Waals surface area (Å²) in [4.78, 5) is 0. The van der Waals surface area contributed by atoms with Crippen molar-refractivity contribution in [3.8, 4) is 0 Å². The fraction of sp³-hybridized carbons (Fsp3) is 1.00. The van der Waals surface area contributed by atoms with Gasteiger partial charge in [-0.25, -0.2) is 0 Å². The lowest BCUT2D eigenvalue weighted by Crippen LogP contribution is -2.54. The van der Waals surface area contributed by atoms with Crippen molar-refractivity contribution in [2.75, 3.05) is 13.2 Å². The van der Waals surface area contributed by atoms with E-state index in [9.17, 15) is 30.6 Å². The van der Waals surface area contributed by atoms with Crippen LogP contribution in [0, 0.1) is 0 Å². The van der Waals surface area contributed by atoms with E-state index in [1.165, 1.54) is 25.7 Å². The molecule has 2 saturated heterocycles. The van der Waals surface area contributed by atoms with Crippen molar-refractivity contribution < 1.29 is 40.1 Å². The normalized spacial score (nSPS) is 41.0.